The van der Waals surface area contributed by atoms with E-state index in [1.54, 1.807) is 18.2 Å². The molecule has 1 aromatic rings. The van der Waals surface area contributed by atoms with Gasteiger partial charge in [0.15, 0.2) is 0 Å². The van der Waals surface area contributed by atoms with Crippen LogP contribution in [0.1, 0.15) is 28.8 Å². The van der Waals surface area contributed by atoms with Crippen LogP contribution in [0.25, 0.3) is 0 Å². The summed E-state index contributed by atoms with van der Waals surface area (Å²) in [5.41, 5.74) is 1.76. The Balaban J connectivity index is 2.06. The summed E-state index contributed by atoms with van der Waals surface area (Å²) in [6.07, 6.45) is 1.30. The van der Waals surface area contributed by atoms with Gasteiger partial charge in [-0.1, -0.05) is 6.07 Å². The average molecular weight is 290 g/mol. The van der Waals surface area contributed by atoms with E-state index in [1.807, 2.05) is 6.92 Å². The first-order valence-corrected chi connectivity index (χ1v) is 6.78. The van der Waals surface area contributed by atoms with Crippen LogP contribution in [-0.2, 0) is 14.3 Å². The predicted octanol–water partition coefficient (Wildman–Crippen LogP) is 1.34. The molecular weight excluding hydrogens is 272 g/mol. The molecule has 1 N–H and O–H groups in total. The number of rotatable bonds is 4. The Hall–Kier alpha value is -2.37. The largest absolute Gasteiger partial charge is 0.465 e. The molecule has 0 bridgehead atoms. The number of nitrogens with zero attached hydrogens (tertiary/aromatic N) is 1. The smallest absolute Gasteiger partial charge is 0.337 e. The van der Waals surface area contributed by atoms with Crippen LogP contribution in [0.4, 0.5) is 5.69 Å². The summed E-state index contributed by atoms with van der Waals surface area (Å²) in [6.45, 7) is 2.49. The summed E-state index contributed by atoms with van der Waals surface area (Å²) in [7, 11) is 1.30. The highest BCUT2D eigenvalue weighted by atomic mass is 16.5. The van der Waals surface area contributed by atoms with E-state index in [9.17, 15) is 14.4 Å². The first-order valence-electron chi connectivity index (χ1n) is 6.78. The van der Waals surface area contributed by atoms with E-state index < -0.39 is 5.97 Å². The fraction of sp³-hybridized carbons (Fsp3) is 0.400. The lowest BCUT2D eigenvalue weighted by atomic mass is 10.1. The molecule has 1 fully saturated rings. The monoisotopic (exact) mass is 290 g/mol. The van der Waals surface area contributed by atoms with Crippen LogP contribution < -0.4 is 5.32 Å². The second-order valence-corrected chi connectivity index (χ2v) is 4.99. The Morgan fingerprint density at radius 1 is 1.38 bits per heavy atom. The van der Waals surface area contributed by atoms with E-state index in [1.165, 1.54) is 12.0 Å². The quantitative estimate of drug-likeness (QED) is 0.849. The molecule has 6 nitrogen and oxygen atoms in total. The normalized spacial score (nSPS) is 14.2. The third-order valence-corrected chi connectivity index (χ3v) is 3.44. The molecule has 1 heterocycles. The number of hydrogen-bond acceptors (Lipinski definition) is 4. The van der Waals surface area contributed by atoms with Gasteiger partial charge in [0.25, 0.3) is 0 Å². The van der Waals surface area contributed by atoms with Gasteiger partial charge in [-0.05, 0) is 31.0 Å². The predicted molar refractivity (Wildman–Crippen MR) is 77.0 cm³/mol. The Morgan fingerprint density at radius 3 is 2.76 bits per heavy atom. The van der Waals surface area contributed by atoms with Gasteiger partial charge in [0, 0.05) is 18.7 Å². The van der Waals surface area contributed by atoms with Crippen LogP contribution in [0, 0.1) is 6.92 Å². The molecule has 112 valence electrons. The van der Waals surface area contributed by atoms with Crippen molar-refractivity contribution in [3.05, 3.63) is 29.3 Å². The lowest BCUT2D eigenvalue weighted by molar-refractivity contribution is -0.131. The molecule has 0 unspecified atom stereocenters. The summed E-state index contributed by atoms with van der Waals surface area (Å²) in [5, 5.41) is 2.74. The SMILES string of the molecule is COC(=O)c1ccc(C)c(NC(=O)CN2CCCC2=O)c1. The summed E-state index contributed by atoms with van der Waals surface area (Å²) in [6, 6.07) is 4.95. The number of methoxy groups -OCH3 is 1. The molecule has 0 saturated carbocycles. The zero-order valence-electron chi connectivity index (χ0n) is 12.1. The second kappa shape index (κ2) is 6.39. The topological polar surface area (TPSA) is 75.7 Å². The molecule has 2 rings (SSSR count). The van der Waals surface area contributed by atoms with Crippen molar-refractivity contribution in [2.24, 2.45) is 0 Å². The van der Waals surface area contributed by atoms with Crippen LogP contribution in [0.2, 0.25) is 0 Å². The van der Waals surface area contributed by atoms with Crippen molar-refractivity contribution in [2.45, 2.75) is 19.8 Å². The van der Waals surface area contributed by atoms with Gasteiger partial charge < -0.3 is 15.0 Å². The van der Waals surface area contributed by atoms with E-state index in [-0.39, 0.29) is 18.4 Å². The lowest BCUT2D eigenvalue weighted by Crippen LogP contribution is -2.34. The average Bonchev–Trinajstić information content (AvgIpc) is 2.85. The van der Waals surface area contributed by atoms with Crippen molar-refractivity contribution in [1.29, 1.82) is 0 Å². The summed E-state index contributed by atoms with van der Waals surface area (Å²) in [5.74, 6) is -0.722. The molecule has 0 radical (unpaired) electrons. The van der Waals surface area contributed by atoms with E-state index >= 15 is 0 Å². The molecule has 6 heteroatoms. The minimum atomic E-state index is -0.458. The van der Waals surface area contributed by atoms with Crippen molar-refractivity contribution in [1.82, 2.24) is 4.90 Å². The summed E-state index contributed by atoms with van der Waals surface area (Å²) in [4.78, 5) is 36.5. The molecule has 1 aliphatic heterocycles. The number of hydrogen-bond donors (Lipinski definition) is 1. The Bertz CT molecular complexity index is 583. The zero-order valence-corrected chi connectivity index (χ0v) is 12.1. The van der Waals surface area contributed by atoms with Crippen molar-refractivity contribution >= 4 is 23.5 Å². The second-order valence-electron chi connectivity index (χ2n) is 4.99. The van der Waals surface area contributed by atoms with E-state index in [0.717, 1.165) is 12.0 Å². The fourth-order valence-corrected chi connectivity index (χ4v) is 2.24. The molecule has 1 saturated heterocycles. The highest BCUT2D eigenvalue weighted by molar-refractivity contribution is 5.97. The number of anilines is 1. The molecule has 0 aromatic heterocycles. The van der Waals surface area contributed by atoms with E-state index in [4.69, 9.17) is 0 Å². The Morgan fingerprint density at radius 2 is 2.14 bits per heavy atom. The maximum absolute atomic E-state index is 12.0. The summed E-state index contributed by atoms with van der Waals surface area (Å²) < 4.78 is 4.65. The first-order chi connectivity index (χ1) is 10.0. The van der Waals surface area contributed by atoms with Crippen LogP contribution in [0.5, 0.6) is 0 Å². The van der Waals surface area contributed by atoms with Crippen molar-refractivity contribution in [3.63, 3.8) is 0 Å². The molecular formula is C15H18N2O4. The molecule has 0 spiro atoms. The van der Waals surface area contributed by atoms with Gasteiger partial charge in [-0.15, -0.1) is 0 Å². The lowest BCUT2D eigenvalue weighted by Gasteiger charge is -2.16. The first kappa shape index (κ1) is 15.0. The van der Waals surface area contributed by atoms with E-state index in [2.05, 4.69) is 10.1 Å². The number of carbonyl (C=O) groups is 3. The number of ether oxygens (including phenoxy) is 1. The summed E-state index contributed by atoms with van der Waals surface area (Å²) >= 11 is 0. The van der Waals surface area contributed by atoms with Gasteiger partial charge >= 0.3 is 5.97 Å². The van der Waals surface area contributed by atoms with Crippen LogP contribution in [-0.4, -0.2) is 42.9 Å². The van der Waals surface area contributed by atoms with E-state index in [0.29, 0.717) is 24.2 Å². The highest BCUT2D eigenvalue weighted by Crippen LogP contribution is 2.18. The zero-order chi connectivity index (χ0) is 15.4. The van der Waals surface area contributed by atoms with Gasteiger partial charge in [0.1, 0.15) is 0 Å². The number of nitrogens with one attached hydrogen (secondary N) is 1. The molecule has 0 atom stereocenters. The Kier molecular flexibility index (Phi) is 4.57. The maximum Gasteiger partial charge on any atom is 0.337 e. The number of amides is 2. The number of likely N-dealkylation sites (tertiary alicyclic amines) is 1. The Labute approximate surface area is 123 Å². The van der Waals surface area contributed by atoms with Gasteiger partial charge in [-0.25, -0.2) is 4.79 Å². The number of aryl methyl sites for hydroxylation is 1. The number of benzene rings is 1. The molecule has 21 heavy (non-hydrogen) atoms. The third kappa shape index (κ3) is 3.59. The molecule has 2 amide bonds. The third-order valence-electron chi connectivity index (χ3n) is 3.44. The van der Waals surface area contributed by atoms with Gasteiger partial charge in [0.05, 0.1) is 19.2 Å². The minimum Gasteiger partial charge on any atom is -0.465 e. The van der Waals surface area contributed by atoms with Crippen molar-refractivity contribution in [3.8, 4) is 0 Å². The van der Waals surface area contributed by atoms with Crippen LogP contribution >= 0.6 is 0 Å². The fourth-order valence-electron chi connectivity index (χ4n) is 2.24. The maximum atomic E-state index is 12.0. The number of esters is 1. The molecule has 1 aromatic carbocycles. The van der Waals surface area contributed by atoms with Crippen molar-refractivity contribution < 1.29 is 19.1 Å². The van der Waals surface area contributed by atoms with Crippen LogP contribution in [0.3, 0.4) is 0 Å². The molecule has 1 aliphatic rings. The van der Waals surface area contributed by atoms with Gasteiger partial charge in [-0.2, -0.15) is 0 Å². The van der Waals surface area contributed by atoms with Gasteiger partial charge in [0.2, 0.25) is 11.8 Å². The standard InChI is InChI=1S/C15H18N2O4/c1-10-5-6-11(15(20)21-2)8-12(10)16-13(18)9-17-7-3-4-14(17)19/h5-6,8H,3-4,7,9H2,1-2H3,(H,16,18). The van der Waals surface area contributed by atoms with Gasteiger partial charge in [-0.3, -0.25) is 9.59 Å². The highest BCUT2D eigenvalue weighted by Gasteiger charge is 2.22. The molecule has 0 aliphatic carbocycles. The van der Waals surface area contributed by atoms with Crippen molar-refractivity contribution in [2.75, 3.05) is 25.5 Å². The number of carbonyl (C=O) groups excluding carboxylic acids is 3. The van der Waals surface area contributed by atoms with Crippen LogP contribution in [0.15, 0.2) is 18.2 Å². The minimum absolute atomic E-state index is 0.00480.